The van der Waals surface area contributed by atoms with Crippen molar-refractivity contribution in [1.82, 2.24) is 9.78 Å². The molecule has 1 aromatic heterocycles. The van der Waals surface area contributed by atoms with Crippen molar-refractivity contribution in [2.75, 3.05) is 5.32 Å². The largest absolute Gasteiger partial charge is 0.378 e. The number of halogens is 3. The average molecular weight is 394 g/mol. The zero-order valence-electron chi connectivity index (χ0n) is 9.97. The summed E-state index contributed by atoms with van der Waals surface area (Å²) < 4.78 is 3.85. The van der Waals surface area contributed by atoms with E-state index in [1.165, 1.54) is 0 Å². The van der Waals surface area contributed by atoms with Crippen LogP contribution in [0.15, 0.2) is 27.1 Å². The summed E-state index contributed by atoms with van der Waals surface area (Å²) >= 11 is 13.1. The molecule has 2 aromatic rings. The zero-order chi connectivity index (χ0) is 13.3. The van der Waals surface area contributed by atoms with Crippen LogP contribution in [0.25, 0.3) is 0 Å². The number of aryl methyl sites for hydroxylation is 2. The predicted octanol–water partition coefficient (Wildman–Crippen LogP) is 4.52. The third-order valence-electron chi connectivity index (χ3n) is 2.64. The Labute approximate surface area is 128 Å². The second-order valence-corrected chi connectivity index (χ2v) is 6.10. The van der Waals surface area contributed by atoms with E-state index in [4.69, 9.17) is 11.6 Å². The first-order valence-corrected chi connectivity index (χ1v) is 7.32. The van der Waals surface area contributed by atoms with Crippen LogP contribution < -0.4 is 5.32 Å². The highest BCUT2D eigenvalue weighted by atomic mass is 79.9. The summed E-state index contributed by atoms with van der Waals surface area (Å²) in [6.07, 6.45) is 0. The number of hydrogen-bond acceptors (Lipinski definition) is 2. The van der Waals surface area contributed by atoms with Gasteiger partial charge in [0, 0.05) is 21.7 Å². The van der Waals surface area contributed by atoms with Crippen LogP contribution in [0.2, 0.25) is 5.02 Å². The van der Waals surface area contributed by atoms with Gasteiger partial charge >= 0.3 is 0 Å². The van der Waals surface area contributed by atoms with E-state index >= 15 is 0 Å². The summed E-state index contributed by atoms with van der Waals surface area (Å²) in [5.74, 6) is 0. The summed E-state index contributed by atoms with van der Waals surface area (Å²) in [6, 6.07) is 5.99. The topological polar surface area (TPSA) is 29.9 Å². The van der Waals surface area contributed by atoms with Gasteiger partial charge in [0.05, 0.1) is 23.0 Å². The smallest absolute Gasteiger partial charge is 0.0865 e. The van der Waals surface area contributed by atoms with Gasteiger partial charge in [-0.2, -0.15) is 5.10 Å². The summed E-state index contributed by atoms with van der Waals surface area (Å²) in [7, 11) is 1.90. The fourth-order valence-corrected chi connectivity index (χ4v) is 3.10. The van der Waals surface area contributed by atoms with E-state index in [1.54, 1.807) is 4.68 Å². The van der Waals surface area contributed by atoms with E-state index in [9.17, 15) is 0 Å². The minimum Gasteiger partial charge on any atom is -0.378 e. The van der Waals surface area contributed by atoms with Gasteiger partial charge in [0.15, 0.2) is 0 Å². The number of nitrogens with one attached hydrogen (secondary N) is 1. The molecule has 6 heteroatoms. The highest BCUT2D eigenvalue weighted by Gasteiger charge is 2.11. The molecular formula is C12H12Br2ClN3. The van der Waals surface area contributed by atoms with E-state index in [0.29, 0.717) is 6.54 Å². The zero-order valence-corrected chi connectivity index (χ0v) is 13.9. The van der Waals surface area contributed by atoms with Crippen molar-refractivity contribution in [2.45, 2.75) is 13.5 Å². The minimum atomic E-state index is 0.635. The minimum absolute atomic E-state index is 0.635. The SMILES string of the molecule is Cc1nn(C)c(CNc2ccc(Br)cc2Br)c1Cl. The first-order valence-electron chi connectivity index (χ1n) is 5.36. The van der Waals surface area contributed by atoms with Gasteiger partial charge < -0.3 is 5.32 Å². The lowest BCUT2D eigenvalue weighted by Gasteiger charge is -2.09. The molecule has 0 amide bonds. The third kappa shape index (κ3) is 2.90. The Kier molecular flexibility index (Phi) is 4.35. The maximum atomic E-state index is 6.20. The fraction of sp³-hybridized carbons (Fsp3) is 0.250. The highest BCUT2D eigenvalue weighted by Crippen LogP contribution is 2.27. The van der Waals surface area contributed by atoms with Gasteiger partial charge in [-0.25, -0.2) is 0 Å². The summed E-state index contributed by atoms with van der Waals surface area (Å²) in [5, 5.41) is 8.34. The van der Waals surface area contributed by atoms with Crippen molar-refractivity contribution < 1.29 is 0 Å². The second kappa shape index (κ2) is 5.63. The molecule has 3 nitrogen and oxygen atoms in total. The number of anilines is 1. The molecule has 1 heterocycles. The third-order valence-corrected chi connectivity index (χ3v) is 4.28. The number of hydrogen-bond donors (Lipinski definition) is 1. The number of aromatic nitrogens is 2. The van der Waals surface area contributed by atoms with Crippen molar-refractivity contribution in [3.8, 4) is 0 Å². The molecule has 0 fully saturated rings. The molecule has 0 aliphatic rings. The molecule has 0 unspecified atom stereocenters. The van der Waals surface area contributed by atoms with E-state index in [0.717, 1.165) is 31.0 Å². The Morgan fingerprint density at radius 3 is 2.67 bits per heavy atom. The molecule has 0 radical (unpaired) electrons. The van der Waals surface area contributed by atoms with Crippen LogP contribution in [0, 0.1) is 6.92 Å². The molecule has 0 aliphatic heterocycles. The molecule has 0 saturated carbocycles. The van der Waals surface area contributed by atoms with Crippen molar-refractivity contribution in [1.29, 1.82) is 0 Å². The van der Waals surface area contributed by atoms with Crippen molar-refractivity contribution in [2.24, 2.45) is 7.05 Å². The average Bonchev–Trinajstić information content (AvgIpc) is 2.53. The summed E-state index contributed by atoms with van der Waals surface area (Å²) in [4.78, 5) is 0. The lowest BCUT2D eigenvalue weighted by Crippen LogP contribution is -2.06. The monoisotopic (exact) mass is 391 g/mol. The first kappa shape index (κ1) is 13.9. The Morgan fingerprint density at radius 1 is 1.39 bits per heavy atom. The molecule has 1 aromatic carbocycles. The van der Waals surface area contributed by atoms with E-state index in [1.807, 2.05) is 32.2 Å². The summed E-state index contributed by atoms with van der Waals surface area (Å²) in [5.41, 5.74) is 2.85. The standard InChI is InChI=1S/C12H12Br2ClN3/c1-7-12(15)11(18(2)17-7)6-16-10-4-3-8(13)5-9(10)14/h3-5,16H,6H2,1-2H3. The van der Waals surface area contributed by atoms with Crippen molar-refractivity contribution in [3.05, 3.63) is 43.6 Å². The van der Waals surface area contributed by atoms with Gasteiger partial charge in [-0.1, -0.05) is 27.5 Å². The maximum absolute atomic E-state index is 6.20. The molecule has 0 aliphatic carbocycles. The Bertz CT molecular complexity index is 581. The molecule has 0 saturated heterocycles. The van der Waals surface area contributed by atoms with Crippen LogP contribution >= 0.6 is 43.5 Å². The van der Waals surface area contributed by atoms with E-state index in [2.05, 4.69) is 42.3 Å². The second-order valence-electron chi connectivity index (χ2n) is 3.95. The molecular weight excluding hydrogens is 381 g/mol. The molecule has 2 rings (SSSR count). The van der Waals surface area contributed by atoms with Crippen LogP contribution in [-0.4, -0.2) is 9.78 Å². The Morgan fingerprint density at radius 2 is 2.11 bits per heavy atom. The van der Waals surface area contributed by atoms with Gasteiger partial charge in [0.2, 0.25) is 0 Å². The van der Waals surface area contributed by atoms with Crippen LogP contribution in [0.3, 0.4) is 0 Å². The van der Waals surface area contributed by atoms with Crippen molar-refractivity contribution >= 4 is 49.1 Å². The molecule has 0 spiro atoms. The van der Waals surface area contributed by atoms with E-state index in [-0.39, 0.29) is 0 Å². The molecule has 1 N–H and O–H groups in total. The number of benzene rings is 1. The van der Waals surface area contributed by atoms with Crippen LogP contribution in [0.5, 0.6) is 0 Å². The normalized spacial score (nSPS) is 10.7. The first-order chi connectivity index (χ1) is 8.49. The van der Waals surface area contributed by atoms with Crippen LogP contribution in [0.1, 0.15) is 11.4 Å². The Balaban J connectivity index is 2.16. The molecule has 96 valence electrons. The summed E-state index contributed by atoms with van der Waals surface area (Å²) in [6.45, 7) is 2.54. The highest BCUT2D eigenvalue weighted by molar-refractivity contribution is 9.11. The molecule has 0 bridgehead atoms. The maximum Gasteiger partial charge on any atom is 0.0865 e. The van der Waals surface area contributed by atoms with Gasteiger partial charge in [-0.05, 0) is 41.1 Å². The lowest BCUT2D eigenvalue weighted by molar-refractivity contribution is 0.713. The van der Waals surface area contributed by atoms with Crippen molar-refractivity contribution in [3.63, 3.8) is 0 Å². The van der Waals surface area contributed by atoms with Crippen LogP contribution in [0.4, 0.5) is 5.69 Å². The van der Waals surface area contributed by atoms with Gasteiger partial charge in [-0.3, -0.25) is 4.68 Å². The van der Waals surface area contributed by atoms with Gasteiger partial charge in [0.25, 0.3) is 0 Å². The quantitative estimate of drug-likeness (QED) is 0.831. The molecule has 18 heavy (non-hydrogen) atoms. The number of nitrogens with zero attached hydrogens (tertiary/aromatic N) is 2. The predicted molar refractivity (Wildman–Crippen MR) is 82.1 cm³/mol. The van der Waals surface area contributed by atoms with Crippen LogP contribution in [-0.2, 0) is 13.6 Å². The fourth-order valence-electron chi connectivity index (χ4n) is 1.68. The van der Waals surface area contributed by atoms with Gasteiger partial charge in [0.1, 0.15) is 0 Å². The number of rotatable bonds is 3. The van der Waals surface area contributed by atoms with E-state index < -0.39 is 0 Å². The Hall–Kier alpha value is -0.520. The molecule has 0 atom stereocenters. The lowest BCUT2D eigenvalue weighted by atomic mass is 10.3. The van der Waals surface area contributed by atoms with Gasteiger partial charge in [-0.15, -0.1) is 0 Å².